The van der Waals surface area contributed by atoms with E-state index in [1.54, 1.807) is 0 Å². The molecule has 1 saturated carbocycles. The molecule has 0 spiro atoms. The molecule has 2 unspecified atom stereocenters. The Hall–Kier alpha value is 0.820. The fourth-order valence-electron chi connectivity index (χ4n) is 3.07. The first-order valence-electron chi connectivity index (χ1n) is 6.32. The minimum absolute atomic E-state index is 0.391. The third-order valence-electron chi connectivity index (χ3n) is 5.59. The molecule has 1 nitrogen and oxygen atoms in total. The van der Waals surface area contributed by atoms with Gasteiger partial charge in [0.25, 0.3) is 0 Å². The molecule has 16 heavy (non-hydrogen) atoms. The average Bonchev–Trinajstić information content (AvgIpc) is 1.94. The summed E-state index contributed by atoms with van der Waals surface area (Å²) < 4.78 is 5.38. The molecule has 0 radical (unpaired) electrons. The predicted octanol–water partition coefficient (Wildman–Crippen LogP) is 3.54. The van der Waals surface area contributed by atoms with Crippen LogP contribution in [-0.4, -0.2) is 18.1 Å². The van der Waals surface area contributed by atoms with Crippen LogP contribution in [0.2, 0.25) is 0 Å². The van der Waals surface area contributed by atoms with Crippen molar-refractivity contribution in [1.29, 1.82) is 0 Å². The molecule has 0 aromatic heterocycles. The monoisotopic (exact) mass is 260 g/mol. The first kappa shape index (κ1) is 13.3. The molecular formula is C13H26OP2. The number of hydrogen-bond acceptors (Lipinski definition) is 1. The van der Waals surface area contributed by atoms with E-state index in [0.717, 1.165) is 25.0 Å². The van der Waals surface area contributed by atoms with Gasteiger partial charge in [0, 0.05) is 5.92 Å². The van der Waals surface area contributed by atoms with Crippen molar-refractivity contribution < 1.29 is 4.74 Å². The SMILES string of the molecule is CC(C)(C1COC1)C(C)(C)C1CC(P)(P)C1. The largest absolute Gasteiger partial charge is 0.381 e. The van der Waals surface area contributed by atoms with Crippen LogP contribution in [0.1, 0.15) is 40.5 Å². The van der Waals surface area contributed by atoms with Crippen LogP contribution in [0.3, 0.4) is 0 Å². The van der Waals surface area contributed by atoms with Crippen molar-refractivity contribution in [2.45, 2.75) is 45.4 Å². The molecule has 2 rings (SSSR count). The first-order chi connectivity index (χ1) is 7.17. The number of ether oxygens (including phenoxy) is 1. The highest BCUT2D eigenvalue weighted by Crippen LogP contribution is 2.62. The van der Waals surface area contributed by atoms with E-state index >= 15 is 0 Å². The van der Waals surface area contributed by atoms with Crippen LogP contribution in [0.25, 0.3) is 0 Å². The molecule has 0 amide bonds. The van der Waals surface area contributed by atoms with Crippen LogP contribution in [0.4, 0.5) is 0 Å². The smallest absolute Gasteiger partial charge is 0.0521 e. The Morgan fingerprint density at radius 2 is 1.38 bits per heavy atom. The van der Waals surface area contributed by atoms with Gasteiger partial charge in [-0.25, -0.2) is 0 Å². The Morgan fingerprint density at radius 1 is 0.938 bits per heavy atom. The quantitative estimate of drug-likeness (QED) is 0.705. The standard InChI is InChI=1S/C13H26OP2/c1-11(2,9-5-13(15,16)6-9)12(3,4)10-7-14-8-10/h9-10H,5-8,15-16H2,1-4H3. The first-order valence-corrected chi connectivity index (χ1v) is 7.48. The summed E-state index contributed by atoms with van der Waals surface area (Å²) in [4.78, 5) is 0.425. The summed E-state index contributed by atoms with van der Waals surface area (Å²) in [6.07, 6.45) is 2.65. The molecule has 2 aliphatic rings. The van der Waals surface area contributed by atoms with Gasteiger partial charge in [0.1, 0.15) is 0 Å². The summed E-state index contributed by atoms with van der Waals surface area (Å²) in [6, 6.07) is 0. The highest BCUT2D eigenvalue weighted by atomic mass is 31.1. The van der Waals surface area contributed by atoms with Gasteiger partial charge in [-0.05, 0) is 34.5 Å². The van der Waals surface area contributed by atoms with Crippen molar-refractivity contribution >= 4 is 18.5 Å². The number of rotatable bonds is 3. The van der Waals surface area contributed by atoms with Gasteiger partial charge in [-0.2, -0.15) is 0 Å². The maximum Gasteiger partial charge on any atom is 0.0521 e. The highest BCUT2D eigenvalue weighted by Gasteiger charge is 2.54. The maximum absolute atomic E-state index is 5.38. The maximum atomic E-state index is 5.38. The van der Waals surface area contributed by atoms with Gasteiger partial charge < -0.3 is 4.74 Å². The summed E-state index contributed by atoms with van der Waals surface area (Å²) in [5, 5.41) is 0. The van der Waals surface area contributed by atoms with Crippen molar-refractivity contribution in [3.05, 3.63) is 0 Å². The summed E-state index contributed by atoms with van der Waals surface area (Å²) in [6.45, 7) is 11.7. The van der Waals surface area contributed by atoms with Crippen LogP contribution in [-0.2, 0) is 4.74 Å². The van der Waals surface area contributed by atoms with Gasteiger partial charge in [-0.3, -0.25) is 0 Å². The fraction of sp³-hybridized carbons (Fsp3) is 1.00. The Bertz CT molecular complexity index is 272. The Balaban J connectivity index is 2.06. The second-order valence-electron chi connectivity index (χ2n) is 7.02. The van der Waals surface area contributed by atoms with E-state index < -0.39 is 0 Å². The predicted molar refractivity (Wildman–Crippen MR) is 76.7 cm³/mol. The van der Waals surface area contributed by atoms with E-state index in [2.05, 4.69) is 46.2 Å². The minimum Gasteiger partial charge on any atom is -0.381 e. The Kier molecular flexibility index (Phi) is 3.24. The lowest BCUT2D eigenvalue weighted by Gasteiger charge is -2.59. The average molecular weight is 260 g/mol. The van der Waals surface area contributed by atoms with Crippen molar-refractivity contribution in [1.82, 2.24) is 0 Å². The zero-order valence-electron chi connectivity index (χ0n) is 11.0. The van der Waals surface area contributed by atoms with Gasteiger partial charge in [0.05, 0.1) is 13.2 Å². The summed E-state index contributed by atoms with van der Waals surface area (Å²) in [5.41, 5.74) is 0.805. The van der Waals surface area contributed by atoms with E-state index in [9.17, 15) is 0 Å². The van der Waals surface area contributed by atoms with Gasteiger partial charge in [0.2, 0.25) is 0 Å². The molecule has 2 atom stereocenters. The minimum atomic E-state index is 0.391. The van der Waals surface area contributed by atoms with E-state index in [1.807, 2.05) is 0 Å². The van der Waals surface area contributed by atoms with E-state index in [0.29, 0.717) is 15.7 Å². The molecule has 0 aromatic carbocycles. The van der Waals surface area contributed by atoms with Gasteiger partial charge in [-0.15, -0.1) is 18.5 Å². The number of hydrogen-bond donors (Lipinski definition) is 0. The second-order valence-corrected chi connectivity index (χ2v) is 9.98. The molecule has 94 valence electrons. The molecule has 0 aromatic rings. The van der Waals surface area contributed by atoms with Crippen LogP contribution in [0.15, 0.2) is 0 Å². The molecule has 0 N–H and O–H groups in total. The summed E-state index contributed by atoms with van der Waals surface area (Å²) in [5.74, 6) is 1.62. The van der Waals surface area contributed by atoms with Crippen LogP contribution < -0.4 is 0 Å². The summed E-state index contributed by atoms with van der Waals surface area (Å²) >= 11 is 0. The van der Waals surface area contributed by atoms with Gasteiger partial charge >= 0.3 is 0 Å². The van der Waals surface area contributed by atoms with E-state index in [4.69, 9.17) is 4.74 Å². The third kappa shape index (κ3) is 1.98. The second kappa shape index (κ2) is 3.91. The topological polar surface area (TPSA) is 9.23 Å². The van der Waals surface area contributed by atoms with Crippen molar-refractivity contribution in [3.8, 4) is 0 Å². The van der Waals surface area contributed by atoms with E-state index in [-0.39, 0.29) is 0 Å². The molecule has 1 aliphatic carbocycles. The normalized spacial score (nSPS) is 27.4. The molecule has 1 saturated heterocycles. The third-order valence-corrected chi connectivity index (χ3v) is 6.54. The zero-order chi connectivity index (χ0) is 12.2. The van der Waals surface area contributed by atoms with Crippen LogP contribution >= 0.6 is 18.5 Å². The van der Waals surface area contributed by atoms with Gasteiger partial charge in [0.15, 0.2) is 0 Å². The van der Waals surface area contributed by atoms with Crippen molar-refractivity contribution in [3.63, 3.8) is 0 Å². The molecule has 0 bridgehead atoms. The molecular weight excluding hydrogens is 234 g/mol. The zero-order valence-corrected chi connectivity index (χ0v) is 13.4. The molecule has 1 heterocycles. The Labute approximate surface area is 105 Å². The van der Waals surface area contributed by atoms with E-state index in [1.165, 1.54) is 12.8 Å². The summed E-state index contributed by atoms with van der Waals surface area (Å²) in [7, 11) is 5.98. The lowest BCUT2D eigenvalue weighted by atomic mass is 9.51. The lowest BCUT2D eigenvalue weighted by Crippen LogP contribution is -2.54. The fourth-order valence-corrected chi connectivity index (χ4v) is 4.21. The molecule has 3 heteroatoms. The molecule has 1 aliphatic heterocycles. The van der Waals surface area contributed by atoms with Crippen molar-refractivity contribution in [2.24, 2.45) is 22.7 Å². The van der Waals surface area contributed by atoms with Crippen LogP contribution in [0, 0.1) is 22.7 Å². The lowest BCUT2D eigenvalue weighted by molar-refractivity contribution is -0.149. The van der Waals surface area contributed by atoms with Crippen LogP contribution in [0.5, 0.6) is 0 Å². The highest BCUT2D eigenvalue weighted by molar-refractivity contribution is 7.40. The Morgan fingerprint density at radius 3 is 1.69 bits per heavy atom. The van der Waals surface area contributed by atoms with Crippen molar-refractivity contribution in [2.75, 3.05) is 13.2 Å². The van der Waals surface area contributed by atoms with Gasteiger partial charge in [-0.1, -0.05) is 27.7 Å². The molecule has 2 fully saturated rings.